The molecular weight excluding hydrogens is 222 g/mol. The maximum atomic E-state index is 12.5. The van der Waals surface area contributed by atoms with Crippen LogP contribution in [-0.4, -0.2) is 55.0 Å². The highest BCUT2D eigenvalue weighted by molar-refractivity contribution is 5.08. The smallest absolute Gasteiger partial charge is 0.243 e. The second-order valence-electron chi connectivity index (χ2n) is 6.08. The minimum atomic E-state index is -2.11. The lowest BCUT2D eigenvalue weighted by Gasteiger charge is -2.57. The zero-order valence-electron chi connectivity index (χ0n) is 10.5. The van der Waals surface area contributed by atoms with E-state index in [-0.39, 0.29) is 5.92 Å². The topological polar surface area (TPSA) is 6.48 Å². The van der Waals surface area contributed by atoms with Crippen molar-refractivity contribution < 1.29 is 8.78 Å². The van der Waals surface area contributed by atoms with Gasteiger partial charge in [-0.2, -0.15) is 0 Å². The number of hydrogen-bond donors (Lipinski definition) is 0. The summed E-state index contributed by atoms with van der Waals surface area (Å²) in [7, 11) is 0. The van der Waals surface area contributed by atoms with Crippen molar-refractivity contribution in [3.05, 3.63) is 0 Å². The summed E-state index contributed by atoms with van der Waals surface area (Å²) in [6.07, 6.45) is 1.71. The van der Waals surface area contributed by atoms with Gasteiger partial charge in [0.2, 0.25) is 6.43 Å². The van der Waals surface area contributed by atoms with Gasteiger partial charge >= 0.3 is 0 Å². The largest absolute Gasteiger partial charge is 0.303 e. The lowest BCUT2D eigenvalue weighted by molar-refractivity contribution is -0.109. The molecule has 0 aromatic heterocycles. The molecule has 3 fully saturated rings. The Morgan fingerprint density at radius 2 is 2.06 bits per heavy atom. The summed E-state index contributed by atoms with van der Waals surface area (Å²) in [5.41, 5.74) is 0.461. The fraction of sp³-hybridized carbons (Fsp3) is 1.00. The first-order valence-corrected chi connectivity index (χ1v) is 6.89. The van der Waals surface area contributed by atoms with Gasteiger partial charge in [-0.15, -0.1) is 0 Å². The normalized spacial score (nSPS) is 39.9. The standard InChI is InChI=1S/C13H22F2N2/c1-2-16-6-5-13(9-16)4-3-11(13)17-7-10(8-17)12(14)15/h10-12H,2-9H2,1H3. The number of alkyl halides is 2. The van der Waals surface area contributed by atoms with Crippen LogP contribution >= 0.6 is 0 Å². The molecule has 98 valence electrons. The van der Waals surface area contributed by atoms with Crippen LogP contribution in [0, 0.1) is 11.3 Å². The Labute approximate surface area is 102 Å². The van der Waals surface area contributed by atoms with Gasteiger partial charge < -0.3 is 4.90 Å². The van der Waals surface area contributed by atoms with Crippen molar-refractivity contribution in [2.75, 3.05) is 32.7 Å². The van der Waals surface area contributed by atoms with Crippen LogP contribution in [0.4, 0.5) is 8.78 Å². The molecule has 0 amide bonds. The minimum Gasteiger partial charge on any atom is -0.303 e. The molecule has 4 heteroatoms. The number of rotatable bonds is 3. The lowest BCUT2D eigenvalue weighted by atomic mass is 9.62. The van der Waals surface area contributed by atoms with Crippen molar-refractivity contribution in [1.82, 2.24) is 9.80 Å². The van der Waals surface area contributed by atoms with Gasteiger partial charge in [-0.3, -0.25) is 4.90 Å². The molecule has 0 aromatic rings. The van der Waals surface area contributed by atoms with Gasteiger partial charge in [-0.05, 0) is 37.8 Å². The molecule has 3 aliphatic rings. The predicted molar refractivity (Wildman–Crippen MR) is 63.3 cm³/mol. The molecule has 0 bridgehead atoms. The summed E-state index contributed by atoms with van der Waals surface area (Å²) >= 11 is 0. The number of halogens is 2. The molecule has 2 nitrogen and oxygen atoms in total. The van der Waals surface area contributed by atoms with Crippen molar-refractivity contribution in [1.29, 1.82) is 0 Å². The van der Waals surface area contributed by atoms with Crippen LogP contribution in [0.15, 0.2) is 0 Å². The van der Waals surface area contributed by atoms with Gasteiger partial charge in [-0.1, -0.05) is 6.92 Å². The molecule has 0 N–H and O–H groups in total. The van der Waals surface area contributed by atoms with Crippen LogP contribution < -0.4 is 0 Å². The van der Waals surface area contributed by atoms with E-state index in [1.807, 2.05) is 0 Å². The Morgan fingerprint density at radius 3 is 2.53 bits per heavy atom. The van der Waals surface area contributed by atoms with E-state index in [1.165, 1.54) is 32.4 Å². The highest BCUT2D eigenvalue weighted by Crippen LogP contribution is 2.52. The molecule has 2 heterocycles. The maximum Gasteiger partial charge on any atom is 0.243 e. The Hall–Kier alpha value is -0.220. The Balaban J connectivity index is 1.56. The lowest BCUT2D eigenvalue weighted by Crippen LogP contribution is -2.64. The van der Waals surface area contributed by atoms with E-state index in [2.05, 4.69) is 16.7 Å². The average Bonchev–Trinajstić information content (AvgIpc) is 2.66. The zero-order chi connectivity index (χ0) is 12.0. The quantitative estimate of drug-likeness (QED) is 0.750. The van der Waals surface area contributed by atoms with Gasteiger partial charge in [-0.25, -0.2) is 8.78 Å². The van der Waals surface area contributed by atoms with Gasteiger partial charge in [0, 0.05) is 31.6 Å². The van der Waals surface area contributed by atoms with Crippen LogP contribution in [0.3, 0.4) is 0 Å². The highest BCUT2D eigenvalue weighted by Gasteiger charge is 2.55. The van der Waals surface area contributed by atoms with Crippen molar-refractivity contribution in [3.63, 3.8) is 0 Å². The number of likely N-dealkylation sites (tertiary alicyclic amines) is 2. The zero-order valence-corrected chi connectivity index (χ0v) is 10.5. The van der Waals surface area contributed by atoms with E-state index >= 15 is 0 Å². The van der Waals surface area contributed by atoms with Crippen LogP contribution in [0.5, 0.6) is 0 Å². The summed E-state index contributed by atoms with van der Waals surface area (Å²) < 4.78 is 25.0. The van der Waals surface area contributed by atoms with Gasteiger partial charge in [0.25, 0.3) is 0 Å². The number of hydrogen-bond acceptors (Lipinski definition) is 2. The van der Waals surface area contributed by atoms with E-state index in [1.54, 1.807) is 0 Å². The molecule has 2 atom stereocenters. The molecule has 2 unspecified atom stereocenters. The molecule has 3 rings (SSSR count). The second-order valence-corrected chi connectivity index (χ2v) is 6.08. The molecule has 2 aliphatic heterocycles. The van der Waals surface area contributed by atoms with E-state index in [0.29, 0.717) is 24.5 Å². The molecule has 1 saturated carbocycles. The van der Waals surface area contributed by atoms with E-state index < -0.39 is 6.43 Å². The van der Waals surface area contributed by atoms with E-state index in [4.69, 9.17) is 0 Å². The van der Waals surface area contributed by atoms with Crippen LogP contribution in [0.25, 0.3) is 0 Å². The third kappa shape index (κ3) is 1.80. The fourth-order valence-corrected chi connectivity index (χ4v) is 3.94. The predicted octanol–water partition coefficient (Wildman–Crippen LogP) is 2.06. The fourth-order valence-electron chi connectivity index (χ4n) is 3.94. The van der Waals surface area contributed by atoms with Crippen LogP contribution in [0.2, 0.25) is 0 Å². The van der Waals surface area contributed by atoms with Crippen molar-refractivity contribution in [3.8, 4) is 0 Å². The summed E-state index contributed by atoms with van der Waals surface area (Å²) in [5, 5.41) is 0. The Morgan fingerprint density at radius 1 is 1.29 bits per heavy atom. The van der Waals surface area contributed by atoms with Crippen LogP contribution in [-0.2, 0) is 0 Å². The molecule has 0 radical (unpaired) electrons. The third-order valence-corrected chi connectivity index (χ3v) is 5.27. The maximum absolute atomic E-state index is 12.5. The van der Waals surface area contributed by atoms with Gasteiger partial charge in [0.05, 0.1) is 0 Å². The average molecular weight is 244 g/mol. The molecule has 17 heavy (non-hydrogen) atoms. The van der Waals surface area contributed by atoms with Gasteiger partial charge in [0.1, 0.15) is 0 Å². The molecule has 1 spiro atoms. The van der Waals surface area contributed by atoms with Gasteiger partial charge in [0.15, 0.2) is 0 Å². The first-order chi connectivity index (χ1) is 8.14. The SMILES string of the molecule is CCN1CCC2(CCC2N2CC(C(F)F)C2)C1. The molecule has 0 aromatic carbocycles. The van der Waals surface area contributed by atoms with Crippen molar-refractivity contribution in [2.45, 2.75) is 38.7 Å². The van der Waals surface area contributed by atoms with Crippen molar-refractivity contribution >= 4 is 0 Å². The van der Waals surface area contributed by atoms with E-state index in [9.17, 15) is 8.78 Å². The summed E-state index contributed by atoms with van der Waals surface area (Å²) in [6, 6.07) is 0.606. The minimum absolute atomic E-state index is 0.351. The Bertz CT molecular complexity index is 291. The first kappa shape index (κ1) is 11.8. The third-order valence-electron chi connectivity index (χ3n) is 5.27. The monoisotopic (exact) mass is 244 g/mol. The molecule has 1 aliphatic carbocycles. The number of nitrogens with zero attached hydrogens (tertiary/aromatic N) is 2. The van der Waals surface area contributed by atoms with E-state index in [0.717, 1.165) is 6.54 Å². The van der Waals surface area contributed by atoms with Crippen molar-refractivity contribution in [2.24, 2.45) is 11.3 Å². The highest BCUT2D eigenvalue weighted by atomic mass is 19.3. The Kier molecular flexibility index (Phi) is 2.90. The summed E-state index contributed by atoms with van der Waals surface area (Å²) in [6.45, 7) is 7.02. The van der Waals surface area contributed by atoms with Crippen LogP contribution in [0.1, 0.15) is 26.2 Å². The molecule has 2 saturated heterocycles. The second kappa shape index (κ2) is 4.16. The first-order valence-electron chi connectivity index (χ1n) is 6.89. The summed E-state index contributed by atoms with van der Waals surface area (Å²) in [5.74, 6) is -0.351. The summed E-state index contributed by atoms with van der Waals surface area (Å²) in [4.78, 5) is 4.83. The molecular formula is C13H22F2N2.